The van der Waals surface area contributed by atoms with Crippen LogP contribution in [-0.2, 0) is 10.0 Å². The highest BCUT2D eigenvalue weighted by molar-refractivity contribution is 7.89. The Kier molecular flexibility index (Phi) is 6.57. The molecule has 0 bridgehead atoms. The molecule has 0 spiro atoms. The van der Waals surface area contributed by atoms with Crippen LogP contribution in [0.3, 0.4) is 0 Å². The normalized spacial score (nSPS) is 15.2. The minimum atomic E-state index is -4.84. The van der Waals surface area contributed by atoms with Gasteiger partial charge in [-0.25, -0.2) is 23.4 Å². The number of hydrogen-bond acceptors (Lipinski definition) is 8. The average Bonchev–Trinajstić information content (AvgIpc) is 2.79. The number of halogens is 3. The molecule has 34 heavy (non-hydrogen) atoms. The Hall–Kier alpha value is -3.45. The lowest BCUT2D eigenvalue weighted by molar-refractivity contribution is -0.274. The molecule has 9 nitrogen and oxygen atoms in total. The molecule has 180 valence electrons. The van der Waals surface area contributed by atoms with Crippen molar-refractivity contribution in [2.45, 2.75) is 18.2 Å². The maximum atomic E-state index is 12.9. The zero-order valence-electron chi connectivity index (χ0n) is 18.0. The van der Waals surface area contributed by atoms with Gasteiger partial charge in [0.25, 0.3) is 0 Å². The first-order valence-corrected chi connectivity index (χ1v) is 11.7. The highest BCUT2D eigenvalue weighted by Crippen LogP contribution is 2.26. The van der Waals surface area contributed by atoms with Crippen molar-refractivity contribution in [2.24, 2.45) is 0 Å². The summed E-state index contributed by atoms with van der Waals surface area (Å²) in [5.41, 5.74) is 1.05. The highest BCUT2D eigenvalue weighted by atomic mass is 32.2. The molecule has 3 heterocycles. The Morgan fingerprint density at radius 3 is 2.26 bits per heavy atom. The van der Waals surface area contributed by atoms with Crippen LogP contribution in [0.1, 0.15) is 5.56 Å². The molecule has 1 aliphatic heterocycles. The highest BCUT2D eigenvalue weighted by Gasteiger charge is 2.32. The summed E-state index contributed by atoms with van der Waals surface area (Å²) in [5.74, 6) is 1.35. The van der Waals surface area contributed by atoms with Crippen LogP contribution in [0.4, 0.5) is 30.6 Å². The van der Waals surface area contributed by atoms with Gasteiger partial charge in [0.2, 0.25) is 10.0 Å². The predicted molar refractivity (Wildman–Crippen MR) is 118 cm³/mol. The molecular weight excluding hydrogens is 473 g/mol. The molecule has 0 aliphatic carbocycles. The van der Waals surface area contributed by atoms with Gasteiger partial charge in [-0.3, -0.25) is 0 Å². The van der Waals surface area contributed by atoms with E-state index >= 15 is 0 Å². The van der Waals surface area contributed by atoms with E-state index < -0.39 is 22.1 Å². The summed E-state index contributed by atoms with van der Waals surface area (Å²) < 4.78 is 67.9. The summed E-state index contributed by atoms with van der Waals surface area (Å²) in [4.78, 5) is 14.6. The molecule has 3 aromatic rings. The van der Waals surface area contributed by atoms with Gasteiger partial charge in [-0.15, -0.1) is 13.2 Å². The van der Waals surface area contributed by atoms with Gasteiger partial charge < -0.3 is 15.0 Å². The van der Waals surface area contributed by atoms with E-state index in [2.05, 4.69) is 25.0 Å². The number of aromatic nitrogens is 3. The third-order valence-electron chi connectivity index (χ3n) is 5.08. The van der Waals surface area contributed by atoms with Crippen molar-refractivity contribution >= 4 is 27.5 Å². The van der Waals surface area contributed by atoms with Crippen LogP contribution in [0, 0.1) is 6.92 Å². The van der Waals surface area contributed by atoms with Gasteiger partial charge in [-0.1, -0.05) is 0 Å². The SMILES string of the molecule is Cc1ccnc(Nc2cc(N3CCN(S(=O)(=O)c4ccc(OC(F)(F)F)cc4)CC3)ncn2)c1. The summed E-state index contributed by atoms with van der Waals surface area (Å²) >= 11 is 0. The Balaban J connectivity index is 1.40. The summed E-state index contributed by atoms with van der Waals surface area (Å²) in [7, 11) is -3.86. The summed E-state index contributed by atoms with van der Waals surface area (Å²) in [6, 6.07) is 9.69. The van der Waals surface area contributed by atoms with Crippen LogP contribution in [0.15, 0.2) is 59.9 Å². The van der Waals surface area contributed by atoms with E-state index in [0.29, 0.717) is 30.5 Å². The topological polar surface area (TPSA) is 101 Å². The quantitative estimate of drug-likeness (QED) is 0.557. The second-order valence-corrected chi connectivity index (χ2v) is 9.45. The van der Waals surface area contributed by atoms with Crippen molar-refractivity contribution in [1.82, 2.24) is 19.3 Å². The van der Waals surface area contributed by atoms with Crippen molar-refractivity contribution in [2.75, 3.05) is 36.4 Å². The third kappa shape index (κ3) is 5.72. The standard InChI is InChI=1S/C21H21F3N6O3S/c1-15-6-7-25-18(12-15)28-19-13-20(27-14-26-19)29-8-10-30(11-9-29)34(31,32)17-4-2-16(3-5-17)33-21(22,23)24/h2-7,12-14H,8-11H2,1H3,(H,25,26,27,28). The number of nitrogens with one attached hydrogen (secondary N) is 1. The molecule has 0 radical (unpaired) electrons. The number of rotatable bonds is 6. The van der Waals surface area contributed by atoms with E-state index in [4.69, 9.17) is 0 Å². The van der Waals surface area contributed by atoms with Crippen molar-refractivity contribution in [3.05, 3.63) is 60.6 Å². The molecule has 0 unspecified atom stereocenters. The van der Waals surface area contributed by atoms with Crippen molar-refractivity contribution < 1.29 is 26.3 Å². The fourth-order valence-corrected chi connectivity index (χ4v) is 4.87. The number of hydrogen-bond donors (Lipinski definition) is 1. The monoisotopic (exact) mass is 494 g/mol. The minimum Gasteiger partial charge on any atom is -0.406 e. The maximum Gasteiger partial charge on any atom is 0.573 e. The van der Waals surface area contributed by atoms with Crippen LogP contribution in [0.2, 0.25) is 0 Å². The zero-order chi connectivity index (χ0) is 24.3. The first kappa shape index (κ1) is 23.7. The maximum absolute atomic E-state index is 12.9. The molecule has 1 aromatic carbocycles. The van der Waals surface area contributed by atoms with Crippen LogP contribution in [0.5, 0.6) is 5.75 Å². The predicted octanol–water partition coefficient (Wildman–Crippen LogP) is 3.33. The van der Waals surface area contributed by atoms with Gasteiger partial charge in [-0.2, -0.15) is 4.31 Å². The summed E-state index contributed by atoms with van der Waals surface area (Å²) in [5, 5.41) is 3.12. The Morgan fingerprint density at radius 1 is 0.941 bits per heavy atom. The van der Waals surface area contributed by atoms with Gasteiger partial charge in [-0.05, 0) is 48.9 Å². The van der Waals surface area contributed by atoms with E-state index in [1.807, 2.05) is 24.0 Å². The Bertz CT molecular complexity index is 1250. The number of sulfonamides is 1. The fourth-order valence-electron chi connectivity index (χ4n) is 3.44. The first-order valence-electron chi connectivity index (χ1n) is 10.2. The largest absolute Gasteiger partial charge is 0.573 e. The van der Waals surface area contributed by atoms with Crippen LogP contribution >= 0.6 is 0 Å². The number of pyridine rings is 1. The first-order chi connectivity index (χ1) is 16.1. The van der Waals surface area contributed by atoms with Crippen LogP contribution in [0.25, 0.3) is 0 Å². The van der Waals surface area contributed by atoms with Crippen molar-refractivity contribution in [3.63, 3.8) is 0 Å². The lowest BCUT2D eigenvalue weighted by atomic mass is 10.3. The molecule has 4 rings (SSSR count). The van der Waals surface area contributed by atoms with E-state index in [0.717, 1.165) is 29.8 Å². The molecule has 0 saturated carbocycles. The fraction of sp³-hybridized carbons (Fsp3) is 0.286. The van der Waals surface area contributed by atoms with Gasteiger partial charge in [0.15, 0.2) is 0 Å². The molecule has 2 aromatic heterocycles. The lowest BCUT2D eigenvalue weighted by Crippen LogP contribution is -2.48. The van der Waals surface area contributed by atoms with Crippen molar-refractivity contribution in [3.8, 4) is 5.75 Å². The number of alkyl halides is 3. The van der Waals surface area contributed by atoms with Crippen LogP contribution < -0.4 is 15.0 Å². The smallest absolute Gasteiger partial charge is 0.406 e. The van der Waals surface area contributed by atoms with E-state index in [1.165, 1.54) is 10.6 Å². The molecule has 0 atom stereocenters. The number of aryl methyl sites for hydroxylation is 1. The van der Waals surface area contributed by atoms with Gasteiger partial charge in [0.1, 0.15) is 29.5 Å². The number of nitrogens with zero attached hydrogens (tertiary/aromatic N) is 5. The van der Waals surface area contributed by atoms with Gasteiger partial charge in [0.05, 0.1) is 4.90 Å². The van der Waals surface area contributed by atoms with Gasteiger partial charge >= 0.3 is 6.36 Å². The van der Waals surface area contributed by atoms with E-state index in [-0.39, 0.29) is 18.0 Å². The molecule has 1 saturated heterocycles. The molecular formula is C21H21F3N6O3S. The Morgan fingerprint density at radius 2 is 1.62 bits per heavy atom. The minimum absolute atomic E-state index is 0.102. The number of anilines is 3. The molecule has 1 aliphatic rings. The van der Waals surface area contributed by atoms with E-state index in [1.54, 1.807) is 12.3 Å². The van der Waals surface area contributed by atoms with Crippen LogP contribution in [-0.4, -0.2) is 60.2 Å². The lowest BCUT2D eigenvalue weighted by Gasteiger charge is -2.34. The number of piperazine rings is 1. The zero-order valence-corrected chi connectivity index (χ0v) is 18.8. The molecule has 13 heteroatoms. The van der Waals surface area contributed by atoms with E-state index in [9.17, 15) is 21.6 Å². The number of ether oxygens (including phenoxy) is 1. The Labute approximate surface area is 194 Å². The third-order valence-corrected chi connectivity index (χ3v) is 6.99. The van der Waals surface area contributed by atoms with Gasteiger partial charge in [0, 0.05) is 38.4 Å². The summed E-state index contributed by atoms with van der Waals surface area (Å²) in [6.07, 6.45) is -1.73. The second-order valence-electron chi connectivity index (χ2n) is 7.52. The molecule has 0 amide bonds. The second kappa shape index (κ2) is 9.43. The summed E-state index contributed by atoms with van der Waals surface area (Å²) in [6.45, 7) is 3.10. The average molecular weight is 494 g/mol. The van der Waals surface area contributed by atoms with Crippen molar-refractivity contribution in [1.29, 1.82) is 0 Å². The molecule has 1 fully saturated rings. The number of benzene rings is 1. The molecule has 1 N–H and O–H groups in total.